The highest BCUT2D eigenvalue weighted by Gasteiger charge is 2.16. The summed E-state index contributed by atoms with van der Waals surface area (Å²) in [4.78, 5) is 25.2. The minimum absolute atomic E-state index is 0.0400. The van der Waals surface area contributed by atoms with Crippen LogP contribution in [0.4, 0.5) is 0 Å². The molecular weight excluding hydrogens is 262 g/mol. The summed E-state index contributed by atoms with van der Waals surface area (Å²) in [5.74, 6) is -1.03. The Balaban J connectivity index is 2.83. The van der Waals surface area contributed by atoms with Gasteiger partial charge >= 0.3 is 5.97 Å². The minimum Gasteiger partial charge on any atom is -0.481 e. The van der Waals surface area contributed by atoms with E-state index in [1.807, 2.05) is 18.2 Å². The number of carbonyl (C=O) groups excluding carboxylic acids is 1. The first kappa shape index (κ1) is 15.6. The molecule has 104 valence electrons. The quantitative estimate of drug-likeness (QED) is 0.815. The van der Waals surface area contributed by atoms with Crippen LogP contribution in [0.1, 0.15) is 30.6 Å². The Labute approximate surface area is 117 Å². The van der Waals surface area contributed by atoms with Crippen molar-refractivity contribution in [2.24, 2.45) is 0 Å². The fourth-order valence-electron chi connectivity index (χ4n) is 1.57. The van der Waals surface area contributed by atoms with Crippen LogP contribution in [0, 0.1) is 0 Å². The van der Waals surface area contributed by atoms with Crippen LogP contribution in [0.15, 0.2) is 29.2 Å². The van der Waals surface area contributed by atoms with E-state index < -0.39 is 5.97 Å². The van der Waals surface area contributed by atoms with E-state index >= 15 is 0 Å². The number of rotatable bonds is 6. The van der Waals surface area contributed by atoms with Crippen LogP contribution < -0.4 is 0 Å². The number of hydrogen-bond acceptors (Lipinski definition) is 3. The van der Waals surface area contributed by atoms with E-state index in [2.05, 4.69) is 13.8 Å². The molecule has 0 heterocycles. The molecule has 0 aliphatic carbocycles. The van der Waals surface area contributed by atoms with Crippen LogP contribution >= 0.6 is 11.8 Å². The summed E-state index contributed by atoms with van der Waals surface area (Å²) in [6, 6.07) is 7.43. The Morgan fingerprint density at radius 1 is 1.32 bits per heavy atom. The van der Waals surface area contributed by atoms with E-state index in [0.29, 0.717) is 10.8 Å². The number of amides is 1. The van der Waals surface area contributed by atoms with Crippen molar-refractivity contribution in [2.45, 2.75) is 30.4 Å². The summed E-state index contributed by atoms with van der Waals surface area (Å²) in [7, 11) is 1.63. The largest absolute Gasteiger partial charge is 0.481 e. The van der Waals surface area contributed by atoms with Crippen LogP contribution in [-0.2, 0) is 4.79 Å². The van der Waals surface area contributed by atoms with Crippen molar-refractivity contribution >= 4 is 23.6 Å². The van der Waals surface area contributed by atoms with Gasteiger partial charge < -0.3 is 10.0 Å². The van der Waals surface area contributed by atoms with Gasteiger partial charge in [-0.05, 0) is 12.1 Å². The van der Waals surface area contributed by atoms with Crippen molar-refractivity contribution in [2.75, 3.05) is 13.6 Å². The summed E-state index contributed by atoms with van der Waals surface area (Å²) < 4.78 is 0. The molecule has 0 saturated carbocycles. The first-order valence-electron chi connectivity index (χ1n) is 6.14. The minimum atomic E-state index is -0.899. The standard InChI is InChI=1S/C14H19NO3S/c1-10(2)19-12-7-5-4-6-11(12)14(18)15(3)9-8-13(16)17/h4-7,10H,8-9H2,1-3H3,(H,16,17). The fourth-order valence-corrected chi connectivity index (χ4v) is 2.52. The average molecular weight is 281 g/mol. The number of thioether (sulfide) groups is 1. The molecule has 0 bridgehead atoms. The van der Waals surface area contributed by atoms with Crippen molar-refractivity contribution in [1.29, 1.82) is 0 Å². The first-order chi connectivity index (χ1) is 8.91. The van der Waals surface area contributed by atoms with E-state index in [1.165, 1.54) is 4.90 Å². The van der Waals surface area contributed by atoms with E-state index in [1.54, 1.807) is 24.9 Å². The molecule has 0 aliphatic heterocycles. The van der Waals surface area contributed by atoms with E-state index in [-0.39, 0.29) is 18.9 Å². The number of aliphatic carboxylic acids is 1. The summed E-state index contributed by atoms with van der Waals surface area (Å²) in [6.45, 7) is 4.36. The normalized spacial score (nSPS) is 10.5. The summed E-state index contributed by atoms with van der Waals surface area (Å²) in [6.07, 6.45) is -0.0400. The topological polar surface area (TPSA) is 57.6 Å². The van der Waals surface area contributed by atoms with E-state index in [4.69, 9.17) is 5.11 Å². The highest BCUT2D eigenvalue weighted by molar-refractivity contribution is 8.00. The molecule has 5 heteroatoms. The summed E-state index contributed by atoms with van der Waals surface area (Å²) >= 11 is 1.63. The van der Waals surface area contributed by atoms with Gasteiger partial charge in [-0.3, -0.25) is 9.59 Å². The molecule has 4 nitrogen and oxygen atoms in total. The molecule has 0 spiro atoms. The molecule has 0 unspecified atom stereocenters. The third-order valence-electron chi connectivity index (χ3n) is 2.49. The molecule has 0 fully saturated rings. The fraction of sp³-hybridized carbons (Fsp3) is 0.429. The van der Waals surface area contributed by atoms with Crippen LogP contribution in [0.25, 0.3) is 0 Å². The van der Waals surface area contributed by atoms with Crippen molar-refractivity contribution in [1.82, 2.24) is 4.90 Å². The van der Waals surface area contributed by atoms with Gasteiger partial charge in [0.05, 0.1) is 12.0 Å². The lowest BCUT2D eigenvalue weighted by Gasteiger charge is -2.18. The molecule has 1 aromatic rings. The maximum Gasteiger partial charge on any atom is 0.305 e. The molecule has 1 rings (SSSR count). The van der Waals surface area contributed by atoms with Crippen molar-refractivity contribution < 1.29 is 14.7 Å². The first-order valence-corrected chi connectivity index (χ1v) is 7.02. The maximum absolute atomic E-state index is 12.3. The number of hydrogen-bond donors (Lipinski definition) is 1. The number of carboxylic acids is 1. The Morgan fingerprint density at radius 2 is 1.95 bits per heavy atom. The zero-order valence-corrected chi connectivity index (χ0v) is 12.2. The van der Waals surface area contributed by atoms with Gasteiger partial charge in [-0.1, -0.05) is 26.0 Å². The van der Waals surface area contributed by atoms with E-state index in [9.17, 15) is 9.59 Å². The Hall–Kier alpha value is -1.49. The zero-order valence-electron chi connectivity index (χ0n) is 11.4. The summed E-state index contributed by atoms with van der Waals surface area (Å²) in [5.41, 5.74) is 0.633. The lowest BCUT2D eigenvalue weighted by atomic mass is 10.2. The van der Waals surface area contributed by atoms with Gasteiger partial charge in [0.1, 0.15) is 0 Å². The predicted molar refractivity (Wildman–Crippen MR) is 76.6 cm³/mol. The SMILES string of the molecule is CC(C)Sc1ccccc1C(=O)N(C)CCC(=O)O. The lowest BCUT2D eigenvalue weighted by molar-refractivity contribution is -0.137. The molecule has 1 amide bonds. The molecule has 0 atom stereocenters. The van der Waals surface area contributed by atoms with E-state index in [0.717, 1.165) is 4.90 Å². The number of nitrogens with zero attached hydrogens (tertiary/aromatic N) is 1. The van der Waals surface area contributed by atoms with Crippen molar-refractivity contribution in [3.63, 3.8) is 0 Å². The van der Waals surface area contributed by atoms with Crippen LogP contribution in [0.5, 0.6) is 0 Å². The van der Waals surface area contributed by atoms with Crippen molar-refractivity contribution in [3.8, 4) is 0 Å². The number of carboxylic acid groups (broad SMARTS) is 1. The maximum atomic E-state index is 12.3. The highest BCUT2D eigenvalue weighted by atomic mass is 32.2. The second-order valence-corrected chi connectivity index (χ2v) is 6.15. The Morgan fingerprint density at radius 3 is 2.53 bits per heavy atom. The molecule has 1 aromatic carbocycles. The lowest BCUT2D eigenvalue weighted by Crippen LogP contribution is -2.29. The smallest absolute Gasteiger partial charge is 0.305 e. The van der Waals surface area contributed by atoms with Crippen molar-refractivity contribution in [3.05, 3.63) is 29.8 Å². The predicted octanol–water partition coefficient (Wildman–Crippen LogP) is 2.73. The molecule has 1 N–H and O–H groups in total. The molecule has 19 heavy (non-hydrogen) atoms. The molecule has 0 aromatic heterocycles. The van der Waals surface area contributed by atoms with Crippen LogP contribution in [0.3, 0.4) is 0 Å². The highest BCUT2D eigenvalue weighted by Crippen LogP contribution is 2.27. The monoisotopic (exact) mass is 281 g/mol. The Kier molecular flexibility index (Phi) is 5.89. The summed E-state index contributed by atoms with van der Waals surface area (Å²) in [5, 5.41) is 9.03. The molecule has 0 aliphatic rings. The number of carbonyl (C=O) groups is 2. The van der Waals surface area contributed by atoms with Gasteiger partial charge in [-0.15, -0.1) is 11.8 Å². The second kappa shape index (κ2) is 7.19. The molecule has 0 saturated heterocycles. The third-order valence-corrected chi connectivity index (χ3v) is 3.57. The molecular formula is C14H19NO3S. The van der Waals surface area contributed by atoms with Crippen LogP contribution in [-0.4, -0.2) is 40.7 Å². The van der Waals surface area contributed by atoms with Gasteiger partial charge in [0.25, 0.3) is 5.91 Å². The van der Waals surface area contributed by atoms with Gasteiger partial charge in [-0.25, -0.2) is 0 Å². The van der Waals surface area contributed by atoms with Gasteiger partial charge in [0, 0.05) is 23.7 Å². The second-order valence-electron chi connectivity index (χ2n) is 4.53. The Bertz CT molecular complexity index is 460. The third kappa shape index (κ3) is 4.95. The van der Waals surface area contributed by atoms with Gasteiger partial charge in [0.15, 0.2) is 0 Å². The van der Waals surface area contributed by atoms with Gasteiger partial charge in [-0.2, -0.15) is 0 Å². The van der Waals surface area contributed by atoms with Gasteiger partial charge in [0.2, 0.25) is 0 Å². The molecule has 0 radical (unpaired) electrons. The average Bonchev–Trinajstić information content (AvgIpc) is 2.35. The number of benzene rings is 1. The van der Waals surface area contributed by atoms with Crippen LogP contribution in [0.2, 0.25) is 0 Å². The zero-order chi connectivity index (χ0) is 14.4.